The molecule has 1 aromatic carbocycles. The quantitative estimate of drug-likeness (QED) is 0.828. The highest BCUT2D eigenvalue weighted by Gasteiger charge is 2.29. The topological polar surface area (TPSA) is 57.7 Å². The Labute approximate surface area is 151 Å². The highest BCUT2D eigenvalue weighted by Crippen LogP contribution is 2.24. The van der Waals surface area contributed by atoms with Crippen LogP contribution >= 0.6 is 0 Å². The third kappa shape index (κ3) is 4.06. The molecule has 25 heavy (non-hydrogen) atoms. The zero-order valence-electron chi connectivity index (χ0n) is 15.1. The van der Waals surface area contributed by atoms with Gasteiger partial charge in [0.2, 0.25) is 10.0 Å². The molecule has 138 valence electrons. The van der Waals surface area contributed by atoms with Crippen LogP contribution in [0.2, 0.25) is 0 Å². The summed E-state index contributed by atoms with van der Waals surface area (Å²) >= 11 is 0. The van der Waals surface area contributed by atoms with Crippen molar-refractivity contribution in [1.82, 2.24) is 9.21 Å². The number of likely N-dealkylation sites (tertiary alicyclic amines) is 1. The summed E-state index contributed by atoms with van der Waals surface area (Å²) in [5.41, 5.74) is 0.570. The number of hydrogen-bond acceptors (Lipinski definition) is 3. The first-order valence-electron chi connectivity index (χ1n) is 9.27. The average Bonchev–Trinajstić information content (AvgIpc) is 2.62. The zero-order chi connectivity index (χ0) is 18.0. The molecule has 2 fully saturated rings. The second-order valence-corrected chi connectivity index (χ2v) is 9.55. The van der Waals surface area contributed by atoms with Gasteiger partial charge in [0.25, 0.3) is 5.91 Å². The predicted octanol–water partition coefficient (Wildman–Crippen LogP) is 2.98. The van der Waals surface area contributed by atoms with Gasteiger partial charge in [0, 0.05) is 31.7 Å². The first-order chi connectivity index (χ1) is 11.9. The van der Waals surface area contributed by atoms with Crippen molar-refractivity contribution in [2.45, 2.75) is 44.4 Å². The molecule has 2 heterocycles. The van der Waals surface area contributed by atoms with E-state index in [1.54, 1.807) is 28.6 Å². The number of sulfonamides is 1. The van der Waals surface area contributed by atoms with Crippen molar-refractivity contribution in [2.75, 3.05) is 26.2 Å². The maximum atomic E-state index is 12.8. The summed E-state index contributed by atoms with van der Waals surface area (Å²) in [5.74, 6) is 1.07. The predicted molar refractivity (Wildman–Crippen MR) is 97.9 cm³/mol. The van der Waals surface area contributed by atoms with Crippen molar-refractivity contribution in [3.05, 3.63) is 29.8 Å². The Hall–Kier alpha value is -1.40. The van der Waals surface area contributed by atoms with E-state index in [9.17, 15) is 13.2 Å². The van der Waals surface area contributed by atoms with Gasteiger partial charge >= 0.3 is 0 Å². The summed E-state index contributed by atoms with van der Waals surface area (Å²) in [4.78, 5) is 14.7. The molecule has 0 bridgehead atoms. The molecule has 1 amide bonds. The molecule has 0 radical (unpaired) electrons. The molecule has 0 aliphatic carbocycles. The maximum absolute atomic E-state index is 12.8. The van der Waals surface area contributed by atoms with Gasteiger partial charge < -0.3 is 4.90 Å². The summed E-state index contributed by atoms with van der Waals surface area (Å²) in [6, 6.07) is 6.46. The number of amides is 1. The minimum atomic E-state index is -3.46. The van der Waals surface area contributed by atoms with Crippen LogP contribution in [0.4, 0.5) is 0 Å². The molecule has 2 saturated heterocycles. The number of rotatable bonds is 3. The van der Waals surface area contributed by atoms with Crippen LogP contribution < -0.4 is 0 Å². The van der Waals surface area contributed by atoms with Crippen LogP contribution in [0, 0.1) is 11.8 Å². The minimum absolute atomic E-state index is 0.00226. The van der Waals surface area contributed by atoms with E-state index in [4.69, 9.17) is 0 Å². The van der Waals surface area contributed by atoms with E-state index in [0.717, 1.165) is 38.8 Å². The highest BCUT2D eigenvalue weighted by atomic mass is 32.2. The molecule has 1 unspecified atom stereocenters. The zero-order valence-corrected chi connectivity index (χ0v) is 16.0. The van der Waals surface area contributed by atoms with Gasteiger partial charge in [-0.1, -0.05) is 13.8 Å². The Morgan fingerprint density at radius 1 is 0.960 bits per heavy atom. The number of hydrogen-bond donors (Lipinski definition) is 0. The smallest absolute Gasteiger partial charge is 0.253 e. The lowest BCUT2D eigenvalue weighted by Crippen LogP contribution is -2.39. The van der Waals surface area contributed by atoms with Gasteiger partial charge in [0.05, 0.1) is 4.90 Å². The number of benzene rings is 1. The minimum Gasteiger partial charge on any atom is -0.339 e. The number of carbonyl (C=O) groups excluding carboxylic acids is 1. The SMILES string of the molecule is CC1CCN(C(=O)c2ccc(S(=O)(=O)N3CCCC(C)C3)cc2)CC1. The van der Waals surface area contributed by atoms with Crippen molar-refractivity contribution in [2.24, 2.45) is 11.8 Å². The van der Waals surface area contributed by atoms with E-state index < -0.39 is 10.0 Å². The molecule has 0 aromatic heterocycles. The van der Waals surface area contributed by atoms with Crippen molar-refractivity contribution < 1.29 is 13.2 Å². The molecule has 3 rings (SSSR count). The van der Waals surface area contributed by atoms with Gasteiger partial charge in [0.1, 0.15) is 0 Å². The summed E-state index contributed by atoms with van der Waals surface area (Å²) in [6.45, 7) is 7.03. The van der Waals surface area contributed by atoms with Crippen LogP contribution in [-0.4, -0.2) is 49.7 Å². The van der Waals surface area contributed by atoms with Crippen LogP contribution in [0.5, 0.6) is 0 Å². The monoisotopic (exact) mass is 364 g/mol. The summed E-state index contributed by atoms with van der Waals surface area (Å²) in [7, 11) is -3.46. The average molecular weight is 365 g/mol. The Balaban J connectivity index is 1.72. The molecular weight excluding hydrogens is 336 g/mol. The Kier molecular flexibility index (Phi) is 5.49. The fourth-order valence-corrected chi connectivity index (χ4v) is 5.28. The lowest BCUT2D eigenvalue weighted by molar-refractivity contribution is 0.0697. The van der Waals surface area contributed by atoms with E-state index in [2.05, 4.69) is 13.8 Å². The van der Waals surface area contributed by atoms with E-state index >= 15 is 0 Å². The first-order valence-corrected chi connectivity index (χ1v) is 10.7. The van der Waals surface area contributed by atoms with Crippen LogP contribution in [-0.2, 0) is 10.0 Å². The number of piperidine rings is 2. The molecule has 2 aliphatic heterocycles. The van der Waals surface area contributed by atoms with Gasteiger partial charge in [-0.15, -0.1) is 0 Å². The largest absolute Gasteiger partial charge is 0.339 e. The number of nitrogens with zero attached hydrogens (tertiary/aromatic N) is 2. The first kappa shape index (κ1) is 18.4. The van der Waals surface area contributed by atoms with E-state index in [0.29, 0.717) is 30.5 Å². The second kappa shape index (κ2) is 7.46. The van der Waals surface area contributed by atoms with Crippen molar-refractivity contribution in [3.8, 4) is 0 Å². The van der Waals surface area contributed by atoms with Gasteiger partial charge in [-0.25, -0.2) is 8.42 Å². The maximum Gasteiger partial charge on any atom is 0.253 e. The molecule has 6 heteroatoms. The Bertz CT molecular complexity index is 707. The standard InChI is InChI=1S/C19H28N2O3S/c1-15-9-12-20(13-10-15)19(22)17-5-7-18(8-6-17)25(23,24)21-11-3-4-16(2)14-21/h5-8,15-16H,3-4,9-14H2,1-2H3. The van der Waals surface area contributed by atoms with Crippen LogP contribution in [0.3, 0.4) is 0 Å². The molecule has 2 aliphatic rings. The van der Waals surface area contributed by atoms with Crippen LogP contribution in [0.15, 0.2) is 29.2 Å². The lowest BCUT2D eigenvalue weighted by atomic mass is 9.98. The van der Waals surface area contributed by atoms with Gasteiger partial charge in [-0.3, -0.25) is 4.79 Å². The van der Waals surface area contributed by atoms with E-state index in [1.807, 2.05) is 4.90 Å². The van der Waals surface area contributed by atoms with E-state index in [1.165, 1.54) is 0 Å². The molecular formula is C19H28N2O3S. The van der Waals surface area contributed by atoms with Crippen LogP contribution in [0.1, 0.15) is 49.9 Å². The third-order valence-corrected chi connectivity index (χ3v) is 7.31. The molecule has 1 atom stereocenters. The summed E-state index contributed by atoms with van der Waals surface area (Å²) in [5, 5.41) is 0. The fraction of sp³-hybridized carbons (Fsp3) is 0.632. The lowest BCUT2D eigenvalue weighted by Gasteiger charge is -2.31. The van der Waals surface area contributed by atoms with Gasteiger partial charge in [-0.2, -0.15) is 4.31 Å². The van der Waals surface area contributed by atoms with Crippen molar-refractivity contribution in [3.63, 3.8) is 0 Å². The Morgan fingerprint density at radius 2 is 1.60 bits per heavy atom. The normalized spacial score (nSPS) is 23.6. The van der Waals surface area contributed by atoms with Gasteiger partial charge in [0.15, 0.2) is 0 Å². The van der Waals surface area contributed by atoms with Crippen LogP contribution in [0.25, 0.3) is 0 Å². The van der Waals surface area contributed by atoms with E-state index in [-0.39, 0.29) is 10.8 Å². The Morgan fingerprint density at radius 3 is 2.20 bits per heavy atom. The molecule has 1 aromatic rings. The second-order valence-electron chi connectivity index (χ2n) is 7.61. The van der Waals surface area contributed by atoms with Crippen molar-refractivity contribution in [1.29, 1.82) is 0 Å². The van der Waals surface area contributed by atoms with Gasteiger partial charge in [-0.05, 0) is 61.8 Å². The summed E-state index contributed by atoms with van der Waals surface area (Å²) in [6.07, 6.45) is 4.05. The summed E-state index contributed by atoms with van der Waals surface area (Å²) < 4.78 is 27.1. The third-order valence-electron chi connectivity index (χ3n) is 5.43. The van der Waals surface area contributed by atoms with Crippen molar-refractivity contribution >= 4 is 15.9 Å². The molecule has 0 saturated carbocycles. The molecule has 0 N–H and O–H groups in total. The fourth-order valence-electron chi connectivity index (χ4n) is 3.68. The molecule has 5 nitrogen and oxygen atoms in total. The number of carbonyl (C=O) groups is 1. The molecule has 0 spiro atoms. The highest BCUT2D eigenvalue weighted by molar-refractivity contribution is 7.89.